The minimum atomic E-state index is -3.83. The third kappa shape index (κ3) is 3.66. The van der Waals surface area contributed by atoms with Gasteiger partial charge in [-0.1, -0.05) is 12.1 Å². The van der Waals surface area contributed by atoms with E-state index < -0.39 is 26.8 Å². The van der Waals surface area contributed by atoms with Crippen LogP contribution in [0.25, 0.3) is 0 Å². The van der Waals surface area contributed by atoms with Gasteiger partial charge in [0.2, 0.25) is 10.0 Å². The Hall–Kier alpha value is -2.32. The van der Waals surface area contributed by atoms with E-state index in [2.05, 4.69) is 4.72 Å². The van der Waals surface area contributed by atoms with E-state index in [0.717, 1.165) is 24.3 Å². The number of nitrogens with zero attached hydrogens (tertiary/aromatic N) is 1. The van der Waals surface area contributed by atoms with Gasteiger partial charge in [0.15, 0.2) is 0 Å². The quantitative estimate of drug-likeness (QED) is 0.676. The minimum absolute atomic E-state index is 0.0768. The highest BCUT2D eigenvalue weighted by Crippen LogP contribution is 2.19. The van der Waals surface area contributed by atoms with E-state index in [1.165, 1.54) is 24.3 Å². The van der Waals surface area contributed by atoms with Crippen LogP contribution in [0, 0.1) is 15.9 Å². The van der Waals surface area contributed by atoms with Crippen LogP contribution in [-0.4, -0.2) is 13.3 Å². The fourth-order valence-electron chi connectivity index (χ4n) is 1.87. The van der Waals surface area contributed by atoms with E-state index in [9.17, 15) is 22.9 Å². The highest BCUT2D eigenvalue weighted by Gasteiger charge is 2.19. The summed E-state index contributed by atoms with van der Waals surface area (Å²) in [5, 5.41) is 10.6. The molecule has 0 saturated carbocycles. The molecular formula is C14H13FN2O4S. The number of rotatable bonds is 5. The van der Waals surface area contributed by atoms with E-state index in [0.29, 0.717) is 5.56 Å². The Kier molecular flexibility index (Phi) is 4.53. The smallest absolute Gasteiger partial charge is 0.258 e. The van der Waals surface area contributed by atoms with Crippen LogP contribution in [0.2, 0.25) is 0 Å². The first-order valence-corrected chi connectivity index (χ1v) is 7.80. The molecule has 2 aromatic rings. The predicted molar refractivity (Wildman–Crippen MR) is 78.2 cm³/mol. The molecule has 1 N–H and O–H groups in total. The Morgan fingerprint density at radius 2 is 1.64 bits per heavy atom. The molecule has 2 aromatic carbocycles. The Morgan fingerprint density at radius 1 is 1.09 bits per heavy atom. The number of hydrogen-bond donors (Lipinski definition) is 1. The monoisotopic (exact) mass is 324 g/mol. The number of nitro groups is 1. The first-order chi connectivity index (χ1) is 10.3. The lowest BCUT2D eigenvalue weighted by Gasteiger charge is -2.14. The Bertz CT molecular complexity index is 773. The molecule has 116 valence electrons. The van der Waals surface area contributed by atoms with E-state index >= 15 is 0 Å². The third-order valence-electron chi connectivity index (χ3n) is 3.06. The zero-order valence-electron chi connectivity index (χ0n) is 11.6. The van der Waals surface area contributed by atoms with Gasteiger partial charge in [0.25, 0.3) is 5.69 Å². The lowest BCUT2D eigenvalue weighted by atomic mass is 10.1. The number of hydrogen-bond acceptors (Lipinski definition) is 4. The zero-order chi connectivity index (χ0) is 16.3. The van der Waals surface area contributed by atoms with Crippen molar-refractivity contribution in [2.75, 3.05) is 0 Å². The van der Waals surface area contributed by atoms with Gasteiger partial charge in [0.05, 0.1) is 9.82 Å². The van der Waals surface area contributed by atoms with Crippen molar-refractivity contribution >= 4 is 15.7 Å². The molecule has 0 aliphatic rings. The molecule has 0 spiro atoms. The van der Waals surface area contributed by atoms with Crippen LogP contribution in [0.1, 0.15) is 18.5 Å². The summed E-state index contributed by atoms with van der Waals surface area (Å²) in [6.45, 7) is 1.62. The molecule has 6 nitrogen and oxygen atoms in total. The van der Waals surface area contributed by atoms with Crippen LogP contribution in [0.4, 0.5) is 10.1 Å². The van der Waals surface area contributed by atoms with Gasteiger partial charge >= 0.3 is 0 Å². The minimum Gasteiger partial charge on any atom is -0.258 e. The van der Waals surface area contributed by atoms with Crippen LogP contribution in [0.5, 0.6) is 0 Å². The molecule has 0 saturated heterocycles. The Morgan fingerprint density at radius 3 is 2.14 bits per heavy atom. The maximum Gasteiger partial charge on any atom is 0.269 e. The normalized spacial score (nSPS) is 12.8. The Balaban J connectivity index is 2.19. The fraction of sp³-hybridized carbons (Fsp3) is 0.143. The molecule has 1 atom stereocenters. The summed E-state index contributed by atoms with van der Waals surface area (Å²) in [5.74, 6) is -0.408. The van der Waals surface area contributed by atoms with Crippen molar-refractivity contribution < 1.29 is 17.7 Å². The number of nitro benzene ring substituents is 1. The fourth-order valence-corrected chi connectivity index (χ4v) is 3.10. The summed E-state index contributed by atoms with van der Waals surface area (Å²) in [6.07, 6.45) is 0. The van der Waals surface area contributed by atoms with Crippen LogP contribution in [0.3, 0.4) is 0 Å². The second-order valence-corrected chi connectivity index (χ2v) is 6.36. The third-order valence-corrected chi connectivity index (χ3v) is 4.62. The van der Waals surface area contributed by atoms with Crippen LogP contribution in [-0.2, 0) is 10.0 Å². The molecule has 2 rings (SSSR count). The van der Waals surface area contributed by atoms with Gasteiger partial charge in [-0.2, -0.15) is 0 Å². The van der Waals surface area contributed by atoms with E-state index in [4.69, 9.17) is 0 Å². The number of non-ortho nitro benzene ring substituents is 1. The standard InChI is InChI=1S/C14H13FN2O4S/c1-10(11-2-4-12(15)5-3-11)16-22(20,21)14-8-6-13(7-9-14)17(18)19/h2-10,16H,1H3/t10-/m0/s1. The molecule has 0 unspecified atom stereocenters. The number of sulfonamides is 1. The number of nitrogens with one attached hydrogen (secondary N) is 1. The van der Waals surface area contributed by atoms with Gasteiger partial charge < -0.3 is 0 Å². The average Bonchev–Trinajstić information content (AvgIpc) is 2.47. The molecule has 8 heteroatoms. The van der Waals surface area contributed by atoms with Gasteiger partial charge in [-0.3, -0.25) is 10.1 Å². The average molecular weight is 324 g/mol. The second kappa shape index (κ2) is 6.20. The van der Waals surface area contributed by atoms with E-state index in [-0.39, 0.29) is 10.6 Å². The summed E-state index contributed by atoms with van der Waals surface area (Å²) in [6, 6.07) is 9.46. The van der Waals surface area contributed by atoms with Gasteiger partial charge in [-0.25, -0.2) is 17.5 Å². The maximum absolute atomic E-state index is 12.9. The summed E-state index contributed by atoms with van der Waals surface area (Å²) in [5.41, 5.74) is 0.414. The highest BCUT2D eigenvalue weighted by molar-refractivity contribution is 7.89. The molecule has 0 heterocycles. The first-order valence-electron chi connectivity index (χ1n) is 6.32. The largest absolute Gasteiger partial charge is 0.269 e. The SMILES string of the molecule is C[C@H](NS(=O)(=O)c1ccc([N+](=O)[O-])cc1)c1ccc(F)cc1. The molecule has 0 amide bonds. The Labute approximate surface area is 126 Å². The molecule has 0 aliphatic carbocycles. The van der Waals surface area contributed by atoms with Crippen molar-refractivity contribution in [3.05, 3.63) is 70.0 Å². The summed E-state index contributed by atoms with van der Waals surface area (Å²) >= 11 is 0. The second-order valence-electron chi connectivity index (χ2n) is 4.65. The van der Waals surface area contributed by atoms with Crippen molar-refractivity contribution in [3.8, 4) is 0 Å². The summed E-state index contributed by atoms with van der Waals surface area (Å²) in [7, 11) is -3.83. The number of benzene rings is 2. The van der Waals surface area contributed by atoms with Gasteiger partial charge in [0.1, 0.15) is 5.82 Å². The topological polar surface area (TPSA) is 89.3 Å². The van der Waals surface area contributed by atoms with E-state index in [1.54, 1.807) is 6.92 Å². The lowest BCUT2D eigenvalue weighted by molar-refractivity contribution is -0.384. The van der Waals surface area contributed by atoms with Crippen molar-refractivity contribution in [1.82, 2.24) is 4.72 Å². The lowest BCUT2D eigenvalue weighted by Crippen LogP contribution is -2.26. The van der Waals surface area contributed by atoms with Crippen molar-refractivity contribution in [2.45, 2.75) is 17.9 Å². The van der Waals surface area contributed by atoms with Gasteiger partial charge in [0, 0.05) is 18.2 Å². The van der Waals surface area contributed by atoms with Crippen molar-refractivity contribution in [1.29, 1.82) is 0 Å². The first kappa shape index (κ1) is 16.1. The predicted octanol–water partition coefficient (Wildman–Crippen LogP) is 2.77. The summed E-state index contributed by atoms with van der Waals surface area (Å²) < 4.78 is 39.7. The molecule has 0 radical (unpaired) electrons. The number of halogens is 1. The van der Waals surface area contributed by atoms with Crippen LogP contribution in [0.15, 0.2) is 53.4 Å². The van der Waals surface area contributed by atoms with Crippen molar-refractivity contribution in [2.24, 2.45) is 0 Å². The maximum atomic E-state index is 12.9. The molecule has 22 heavy (non-hydrogen) atoms. The molecule has 0 aliphatic heterocycles. The van der Waals surface area contributed by atoms with Crippen LogP contribution >= 0.6 is 0 Å². The van der Waals surface area contributed by atoms with Gasteiger partial charge in [-0.05, 0) is 36.8 Å². The van der Waals surface area contributed by atoms with Gasteiger partial charge in [-0.15, -0.1) is 0 Å². The van der Waals surface area contributed by atoms with Crippen LogP contribution < -0.4 is 4.72 Å². The molecule has 0 aromatic heterocycles. The molecule has 0 fully saturated rings. The summed E-state index contributed by atoms with van der Waals surface area (Å²) in [4.78, 5) is 9.88. The zero-order valence-corrected chi connectivity index (χ0v) is 12.4. The van der Waals surface area contributed by atoms with E-state index in [1.807, 2.05) is 0 Å². The molecular weight excluding hydrogens is 311 g/mol. The highest BCUT2D eigenvalue weighted by atomic mass is 32.2. The van der Waals surface area contributed by atoms with Crippen molar-refractivity contribution in [3.63, 3.8) is 0 Å². The molecule has 0 bridgehead atoms.